The van der Waals surface area contributed by atoms with Gasteiger partial charge in [-0.05, 0) is 52.0 Å². The normalized spacial score (nSPS) is 11.7. The van der Waals surface area contributed by atoms with Crippen LogP contribution in [0.15, 0.2) is 55.5 Å². The Bertz CT molecular complexity index is 795. The Hall–Kier alpha value is -1.97. The highest BCUT2D eigenvalue weighted by molar-refractivity contribution is 9.10. The van der Waals surface area contributed by atoms with Crippen molar-refractivity contribution in [3.05, 3.63) is 51.7 Å². The molecule has 0 radical (unpaired) electrons. The highest BCUT2D eigenvalue weighted by atomic mass is 79.9. The molecule has 0 atom stereocenters. The maximum absolute atomic E-state index is 9.20. The van der Waals surface area contributed by atoms with E-state index in [-0.39, 0.29) is 0 Å². The van der Waals surface area contributed by atoms with Gasteiger partial charge in [-0.25, -0.2) is 4.98 Å². The standard InChI is InChI=1S/C14H8BrN3OS/c15-13-6-5-9(19-13)7-10(8-16)20-14-17-11-3-1-2-4-12(11)18-14/h1-7H,(H,17,18)/b10-7+. The minimum atomic E-state index is 0.505. The second-order valence-corrected chi connectivity index (χ2v) is 5.74. The Morgan fingerprint density at radius 2 is 2.20 bits per heavy atom. The van der Waals surface area contributed by atoms with Crippen molar-refractivity contribution < 1.29 is 4.42 Å². The number of nitrogens with zero attached hydrogens (tertiary/aromatic N) is 2. The zero-order chi connectivity index (χ0) is 13.9. The molecule has 0 unspecified atom stereocenters. The van der Waals surface area contributed by atoms with Gasteiger partial charge < -0.3 is 9.40 Å². The maximum Gasteiger partial charge on any atom is 0.171 e. The lowest BCUT2D eigenvalue weighted by atomic mass is 10.3. The molecule has 1 N–H and O–H groups in total. The summed E-state index contributed by atoms with van der Waals surface area (Å²) in [6.45, 7) is 0. The number of nitrogens with one attached hydrogen (secondary N) is 1. The van der Waals surface area contributed by atoms with Crippen LogP contribution in [-0.4, -0.2) is 9.97 Å². The van der Waals surface area contributed by atoms with E-state index in [1.54, 1.807) is 18.2 Å². The summed E-state index contributed by atoms with van der Waals surface area (Å²) in [6.07, 6.45) is 1.68. The van der Waals surface area contributed by atoms with Crippen LogP contribution in [0, 0.1) is 11.3 Å². The van der Waals surface area contributed by atoms with Gasteiger partial charge in [0.2, 0.25) is 0 Å². The molecule has 0 aliphatic rings. The van der Waals surface area contributed by atoms with Crippen molar-refractivity contribution in [1.29, 1.82) is 5.26 Å². The summed E-state index contributed by atoms with van der Waals surface area (Å²) >= 11 is 4.51. The van der Waals surface area contributed by atoms with E-state index in [9.17, 15) is 5.26 Å². The topological polar surface area (TPSA) is 65.6 Å². The van der Waals surface area contributed by atoms with Crippen LogP contribution in [0.4, 0.5) is 0 Å². The molecule has 4 nitrogen and oxygen atoms in total. The summed E-state index contributed by atoms with van der Waals surface area (Å²) in [5.74, 6) is 0.622. The van der Waals surface area contributed by atoms with Gasteiger partial charge in [-0.3, -0.25) is 0 Å². The van der Waals surface area contributed by atoms with Crippen LogP contribution < -0.4 is 0 Å². The van der Waals surface area contributed by atoms with Gasteiger partial charge >= 0.3 is 0 Å². The number of imidazole rings is 1. The number of hydrogen-bond donors (Lipinski definition) is 1. The first-order valence-corrected chi connectivity index (χ1v) is 7.35. The Labute approximate surface area is 127 Å². The van der Waals surface area contributed by atoms with Crippen molar-refractivity contribution in [2.75, 3.05) is 0 Å². The lowest BCUT2D eigenvalue weighted by molar-refractivity contribution is 0.531. The van der Waals surface area contributed by atoms with E-state index in [1.165, 1.54) is 11.8 Å². The van der Waals surface area contributed by atoms with E-state index >= 15 is 0 Å². The predicted molar refractivity (Wildman–Crippen MR) is 81.9 cm³/mol. The van der Waals surface area contributed by atoms with Crippen molar-refractivity contribution in [3.63, 3.8) is 0 Å². The summed E-state index contributed by atoms with van der Waals surface area (Å²) in [6, 6.07) is 13.5. The van der Waals surface area contributed by atoms with Gasteiger partial charge in [-0.2, -0.15) is 5.26 Å². The first-order chi connectivity index (χ1) is 9.74. The van der Waals surface area contributed by atoms with Gasteiger partial charge in [-0.1, -0.05) is 12.1 Å². The predicted octanol–water partition coefficient (Wildman–Crippen LogP) is 4.58. The smallest absolute Gasteiger partial charge is 0.171 e. The fourth-order valence-electron chi connectivity index (χ4n) is 1.70. The van der Waals surface area contributed by atoms with Gasteiger partial charge in [0, 0.05) is 6.08 Å². The van der Waals surface area contributed by atoms with Gasteiger partial charge in [0.1, 0.15) is 11.8 Å². The van der Waals surface area contributed by atoms with E-state index in [0.717, 1.165) is 11.0 Å². The average molecular weight is 346 g/mol. The van der Waals surface area contributed by atoms with Gasteiger partial charge in [-0.15, -0.1) is 0 Å². The van der Waals surface area contributed by atoms with E-state index in [2.05, 4.69) is 32.0 Å². The third kappa shape index (κ3) is 2.79. The Balaban J connectivity index is 1.88. The van der Waals surface area contributed by atoms with Crippen molar-refractivity contribution in [3.8, 4) is 6.07 Å². The molecule has 0 aliphatic carbocycles. The Morgan fingerprint density at radius 1 is 1.35 bits per heavy atom. The van der Waals surface area contributed by atoms with Crippen LogP contribution in [0.2, 0.25) is 0 Å². The molecular formula is C14H8BrN3OS. The van der Waals surface area contributed by atoms with Crippen LogP contribution in [0.5, 0.6) is 0 Å². The molecule has 2 heterocycles. The number of thioether (sulfide) groups is 1. The van der Waals surface area contributed by atoms with Crippen molar-refractivity contribution in [2.24, 2.45) is 0 Å². The minimum absolute atomic E-state index is 0.505. The molecule has 0 saturated heterocycles. The molecule has 0 fully saturated rings. The highest BCUT2D eigenvalue weighted by Gasteiger charge is 2.07. The number of aromatic nitrogens is 2. The van der Waals surface area contributed by atoms with Gasteiger partial charge in [0.25, 0.3) is 0 Å². The van der Waals surface area contributed by atoms with Crippen LogP contribution in [0.1, 0.15) is 5.76 Å². The summed E-state index contributed by atoms with van der Waals surface area (Å²) in [7, 11) is 0. The van der Waals surface area contributed by atoms with Crippen molar-refractivity contribution in [2.45, 2.75) is 5.16 Å². The summed E-state index contributed by atoms with van der Waals surface area (Å²) in [4.78, 5) is 8.10. The van der Waals surface area contributed by atoms with Crippen molar-refractivity contribution in [1.82, 2.24) is 9.97 Å². The first kappa shape index (κ1) is 13.0. The Kier molecular flexibility index (Phi) is 3.63. The number of allylic oxidation sites excluding steroid dienone is 1. The largest absolute Gasteiger partial charge is 0.450 e. The molecule has 3 rings (SSSR count). The van der Waals surface area contributed by atoms with Crippen LogP contribution in [-0.2, 0) is 0 Å². The number of halogens is 1. The molecular weight excluding hydrogens is 338 g/mol. The quantitative estimate of drug-likeness (QED) is 0.557. The fraction of sp³-hybridized carbons (Fsp3) is 0. The number of fused-ring (bicyclic) bond motifs is 1. The molecule has 1 aromatic carbocycles. The van der Waals surface area contributed by atoms with Crippen LogP contribution in [0.3, 0.4) is 0 Å². The van der Waals surface area contributed by atoms with E-state index in [1.807, 2.05) is 24.3 Å². The molecule has 0 saturated carbocycles. The fourth-order valence-corrected chi connectivity index (χ4v) is 2.75. The third-order valence-electron chi connectivity index (χ3n) is 2.55. The summed E-state index contributed by atoms with van der Waals surface area (Å²) in [5.41, 5.74) is 1.83. The number of benzene rings is 1. The second kappa shape index (κ2) is 5.57. The van der Waals surface area contributed by atoms with E-state index in [4.69, 9.17) is 4.42 Å². The lowest BCUT2D eigenvalue weighted by Gasteiger charge is -1.93. The molecule has 0 amide bonds. The number of nitriles is 1. The number of rotatable bonds is 3. The van der Waals surface area contributed by atoms with Crippen LogP contribution >= 0.6 is 27.7 Å². The van der Waals surface area contributed by atoms with Crippen molar-refractivity contribution >= 4 is 44.8 Å². The summed E-state index contributed by atoms with van der Waals surface area (Å²) < 4.78 is 5.99. The molecule has 0 aliphatic heterocycles. The number of H-pyrrole nitrogens is 1. The first-order valence-electron chi connectivity index (χ1n) is 5.74. The number of aromatic amines is 1. The molecule has 6 heteroatoms. The zero-order valence-corrected chi connectivity index (χ0v) is 12.5. The maximum atomic E-state index is 9.20. The number of furan rings is 1. The number of para-hydroxylation sites is 2. The highest BCUT2D eigenvalue weighted by Crippen LogP contribution is 2.28. The molecule has 0 spiro atoms. The average Bonchev–Trinajstić information content (AvgIpc) is 3.03. The van der Waals surface area contributed by atoms with E-state index < -0.39 is 0 Å². The monoisotopic (exact) mass is 345 g/mol. The second-order valence-electron chi connectivity index (χ2n) is 3.92. The van der Waals surface area contributed by atoms with Gasteiger partial charge in [0.15, 0.2) is 9.83 Å². The molecule has 0 bridgehead atoms. The SMILES string of the molecule is N#C/C(=C\c1ccc(Br)o1)Sc1nc2ccccc2[nH]1. The molecule has 20 heavy (non-hydrogen) atoms. The number of hydrogen-bond acceptors (Lipinski definition) is 4. The summed E-state index contributed by atoms with van der Waals surface area (Å²) in [5, 5.41) is 9.88. The molecule has 98 valence electrons. The minimum Gasteiger partial charge on any atom is -0.450 e. The third-order valence-corrected chi connectivity index (χ3v) is 3.79. The lowest BCUT2D eigenvalue weighted by Crippen LogP contribution is -1.76. The van der Waals surface area contributed by atoms with Gasteiger partial charge in [0.05, 0.1) is 15.9 Å². The van der Waals surface area contributed by atoms with Crippen LogP contribution in [0.25, 0.3) is 17.1 Å². The zero-order valence-electron chi connectivity index (χ0n) is 10.1. The molecule has 2 aromatic heterocycles. The Morgan fingerprint density at radius 3 is 2.90 bits per heavy atom. The molecule has 3 aromatic rings. The van der Waals surface area contributed by atoms with E-state index in [0.29, 0.717) is 20.5 Å².